The first-order valence-corrected chi connectivity index (χ1v) is 6.53. The van der Waals surface area contributed by atoms with Gasteiger partial charge in [-0.05, 0) is 44.9 Å². The van der Waals surface area contributed by atoms with Crippen molar-refractivity contribution in [2.24, 2.45) is 0 Å². The molecular weight excluding hydrogens is 258 g/mol. The second-order valence-corrected chi connectivity index (χ2v) is 5.03. The molecule has 1 saturated carbocycles. The molecule has 104 valence electrons. The number of benzene rings is 1. The molecule has 0 amide bonds. The van der Waals surface area contributed by atoms with Crippen LogP contribution in [0.25, 0.3) is 11.1 Å². The Kier molecular flexibility index (Phi) is 2.97. The van der Waals surface area contributed by atoms with Gasteiger partial charge in [-0.15, -0.1) is 0 Å². The Labute approximate surface area is 116 Å². The Morgan fingerprint density at radius 2 is 2.15 bits per heavy atom. The minimum atomic E-state index is -0.962. The summed E-state index contributed by atoms with van der Waals surface area (Å²) in [6.07, 6.45) is 2.22. The van der Waals surface area contributed by atoms with E-state index in [4.69, 9.17) is 14.4 Å². The molecule has 0 saturated heterocycles. The fourth-order valence-corrected chi connectivity index (χ4v) is 2.19. The van der Waals surface area contributed by atoms with Crippen LogP contribution in [-0.2, 0) is 0 Å². The smallest absolute Gasteiger partial charge is 0.335 e. The number of carbonyl (C=O) groups is 1. The standard InChI is InChI=1S/C15H15NO4/c1-8-14(9(2)20-16-8)12-6-3-10(15(17)18)7-13(12)19-11-4-5-11/h3,6-7,11H,4-5H2,1-2H3,(H,17,18). The van der Waals surface area contributed by atoms with E-state index in [0.717, 1.165) is 29.7 Å². The molecule has 0 spiro atoms. The van der Waals surface area contributed by atoms with Crippen molar-refractivity contribution in [1.82, 2.24) is 5.16 Å². The summed E-state index contributed by atoms with van der Waals surface area (Å²) in [5.74, 6) is 0.323. The predicted molar refractivity (Wildman–Crippen MR) is 72.0 cm³/mol. The van der Waals surface area contributed by atoms with Crippen molar-refractivity contribution < 1.29 is 19.2 Å². The van der Waals surface area contributed by atoms with Gasteiger partial charge >= 0.3 is 5.97 Å². The molecule has 1 N–H and O–H groups in total. The fraction of sp³-hybridized carbons (Fsp3) is 0.333. The summed E-state index contributed by atoms with van der Waals surface area (Å²) in [6.45, 7) is 3.69. The van der Waals surface area contributed by atoms with Gasteiger partial charge in [0.1, 0.15) is 11.5 Å². The molecule has 3 rings (SSSR count). The van der Waals surface area contributed by atoms with Gasteiger partial charge in [-0.3, -0.25) is 0 Å². The van der Waals surface area contributed by atoms with Crippen LogP contribution in [0.4, 0.5) is 0 Å². The third-order valence-corrected chi connectivity index (χ3v) is 3.35. The lowest BCUT2D eigenvalue weighted by Gasteiger charge is -2.11. The summed E-state index contributed by atoms with van der Waals surface area (Å²) in [7, 11) is 0. The third-order valence-electron chi connectivity index (χ3n) is 3.35. The lowest BCUT2D eigenvalue weighted by atomic mass is 10.0. The number of hydrogen-bond donors (Lipinski definition) is 1. The molecular formula is C15H15NO4. The molecule has 1 aliphatic rings. The molecule has 5 nitrogen and oxygen atoms in total. The normalized spacial score (nSPS) is 14.3. The van der Waals surface area contributed by atoms with E-state index in [1.165, 1.54) is 0 Å². The number of rotatable bonds is 4. The number of ether oxygens (including phenoxy) is 1. The topological polar surface area (TPSA) is 72.6 Å². The summed E-state index contributed by atoms with van der Waals surface area (Å²) >= 11 is 0. The molecule has 1 heterocycles. The minimum Gasteiger partial charge on any atom is -0.490 e. The summed E-state index contributed by atoms with van der Waals surface area (Å²) in [5, 5.41) is 13.0. The van der Waals surface area contributed by atoms with Crippen LogP contribution < -0.4 is 4.74 Å². The number of aromatic nitrogens is 1. The molecule has 0 radical (unpaired) electrons. The number of nitrogens with zero attached hydrogens (tertiary/aromatic N) is 1. The van der Waals surface area contributed by atoms with Crippen molar-refractivity contribution in [2.75, 3.05) is 0 Å². The fourth-order valence-electron chi connectivity index (χ4n) is 2.19. The van der Waals surface area contributed by atoms with Crippen LogP contribution in [-0.4, -0.2) is 22.3 Å². The molecule has 20 heavy (non-hydrogen) atoms. The summed E-state index contributed by atoms with van der Waals surface area (Å²) in [5.41, 5.74) is 2.69. The van der Waals surface area contributed by atoms with Gasteiger partial charge in [-0.25, -0.2) is 4.79 Å². The van der Waals surface area contributed by atoms with Gasteiger partial charge in [-0.2, -0.15) is 0 Å². The Hall–Kier alpha value is -2.30. The zero-order valence-corrected chi connectivity index (χ0v) is 11.3. The maximum Gasteiger partial charge on any atom is 0.335 e. The van der Waals surface area contributed by atoms with Crippen LogP contribution in [0.3, 0.4) is 0 Å². The van der Waals surface area contributed by atoms with Gasteiger partial charge in [0.05, 0.1) is 22.9 Å². The minimum absolute atomic E-state index is 0.193. The zero-order chi connectivity index (χ0) is 14.3. The lowest BCUT2D eigenvalue weighted by molar-refractivity contribution is 0.0696. The van der Waals surface area contributed by atoms with E-state index in [2.05, 4.69) is 5.16 Å². The van der Waals surface area contributed by atoms with Crippen molar-refractivity contribution in [3.8, 4) is 16.9 Å². The van der Waals surface area contributed by atoms with E-state index >= 15 is 0 Å². The molecule has 0 aliphatic heterocycles. The third kappa shape index (κ3) is 2.27. The number of aryl methyl sites for hydroxylation is 2. The highest BCUT2D eigenvalue weighted by molar-refractivity contribution is 5.90. The molecule has 0 atom stereocenters. The molecule has 0 bridgehead atoms. The first kappa shape index (κ1) is 12.7. The summed E-state index contributed by atoms with van der Waals surface area (Å²) in [4.78, 5) is 11.1. The van der Waals surface area contributed by atoms with Crippen LogP contribution in [0.15, 0.2) is 22.7 Å². The maximum absolute atomic E-state index is 11.1. The monoisotopic (exact) mass is 273 g/mol. The van der Waals surface area contributed by atoms with Crippen molar-refractivity contribution in [3.63, 3.8) is 0 Å². The molecule has 1 fully saturated rings. The highest BCUT2D eigenvalue weighted by Gasteiger charge is 2.26. The maximum atomic E-state index is 11.1. The summed E-state index contributed by atoms with van der Waals surface area (Å²) < 4.78 is 11.0. The number of carboxylic acids is 1. The van der Waals surface area contributed by atoms with Gasteiger partial charge < -0.3 is 14.4 Å². The van der Waals surface area contributed by atoms with Gasteiger partial charge in [-0.1, -0.05) is 5.16 Å². The Morgan fingerprint density at radius 3 is 2.70 bits per heavy atom. The number of hydrogen-bond acceptors (Lipinski definition) is 4. The highest BCUT2D eigenvalue weighted by atomic mass is 16.5. The van der Waals surface area contributed by atoms with Gasteiger partial charge in [0, 0.05) is 5.56 Å². The SMILES string of the molecule is Cc1noc(C)c1-c1ccc(C(=O)O)cc1OC1CC1. The average molecular weight is 273 g/mol. The van der Waals surface area contributed by atoms with Crippen molar-refractivity contribution in [3.05, 3.63) is 35.2 Å². The molecule has 1 aromatic carbocycles. The lowest BCUT2D eigenvalue weighted by Crippen LogP contribution is -2.02. The van der Waals surface area contributed by atoms with Crippen LogP contribution in [0.2, 0.25) is 0 Å². The zero-order valence-electron chi connectivity index (χ0n) is 11.3. The van der Waals surface area contributed by atoms with E-state index in [1.54, 1.807) is 18.2 Å². The largest absolute Gasteiger partial charge is 0.490 e. The molecule has 1 aliphatic carbocycles. The highest BCUT2D eigenvalue weighted by Crippen LogP contribution is 2.38. The van der Waals surface area contributed by atoms with Gasteiger partial charge in [0.25, 0.3) is 0 Å². The Bertz CT molecular complexity index is 651. The van der Waals surface area contributed by atoms with Crippen molar-refractivity contribution in [1.29, 1.82) is 0 Å². The van der Waals surface area contributed by atoms with Crippen LogP contribution >= 0.6 is 0 Å². The Balaban J connectivity index is 2.11. The molecule has 1 aromatic heterocycles. The number of aromatic carboxylic acids is 1. The van der Waals surface area contributed by atoms with E-state index in [1.807, 2.05) is 13.8 Å². The van der Waals surface area contributed by atoms with E-state index in [0.29, 0.717) is 11.5 Å². The van der Waals surface area contributed by atoms with E-state index in [-0.39, 0.29) is 11.7 Å². The molecule has 0 unspecified atom stereocenters. The predicted octanol–water partition coefficient (Wildman–Crippen LogP) is 3.20. The molecule has 5 heteroatoms. The van der Waals surface area contributed by atoms with Crippen LogP contribution in [0.5, 0.6) is 5.75 Å². The average Bonchev–Trinajstić information content (AvgIpc) is 3.16. The molecule has 2 aromatic rings. The van der Waals surface area contributed by atoms with E-state index in [9.17, 15) is 4.79 Å². The second-order valence-electron chi connectivity index (χ2n) is 5.03. The second kappa shape index (κ2) is 4.67. The first-order valence-electron chi connectivity index (χ1n) is 6.53. The van der Waals surface area contributed by atoms with Gasteiger partial charge in [0.2, 0.25) is 0 Å². The Morgan fingerprint density at radius 1 is 1.40 bits per heavy atom. The quantitative estimate of drug-likeness (QED) is 0.926. The van der Waals surface area contributed by atoms with Crippen molar-refractivity contribution in [2.45, 2.75) is 32.8 Å². The number of carboxylic acid groups (broad SMARTS) is 1. The van der Waals surface area contributed by atoms with E-state index < -0.39 is 5.97 Å². The van der Waals surface area contributed by atoms with Gasteiger partial charge in [0.15, 0.2) is 0 Å². The van der Waals surface area contributed by atoms with Crippen LogP contribution in [0, 0.1) is 13.8 Å². The summed E-state index contributed by atoms with van der Waals surface area (Å²) in [6, 6.07) is 4.90. The van der Waals surface area contributed by atoms with Crippen molar-refractivity contribution >= 4 is 5.97 Å². The first-order chi connectivity index (χ1) is 9.56. The van der Waals surface area contributed by atoms with Crippen LogP contribution in [0.1, 0.15) is 34.7 Å².